The van der Waals surface area contributed by atoms with Crippen LogP contribution < -0.4 is 5.73 Å². The zero-order valence-electron chi connectivity index (χ0n) is 12.1. The van der Waals surface area contributed by atoms with Gasteiger partial charge in [-0.2, -0.15) is 0 Å². The van der Waals surface area contributed by atoms with E-state index in [1.807, 2.05) is 24.3 Å². The van der Waals surface area contributed by atoms with Crippen LogP contribution >= 0.6 is 0 Å². The normalized spacial score (nSPS) is 22.9. The van der Waals surface area contributed by atoms with Crippen LogP contribution in [-0.4, -0.2) is 35.1 Å². The van der Waals surface area contributed by atoms with Gasteiger partial charge in [0, 0.05) is 18.6 Å². The molecule has 0 spiro atoms. The predicted octanol–water partition coefficient (Wildman–Crippen LogP) is 2.02. The van der Waals surface area contributed by atoms with Crippen LogP contribution in [0, 0.1) is 0 Å². The molecule has 1 aromatic rings. The molecule has 2 rings (SSSR count). The Labute approximate surface area is 120 Å². The maximum absolute atomic E-state index is 10.9. The summed E-state index contributed by atoms with van der Waals surface area (Å²) in [5.74, 6) is -0.774. The Balaban J connectivity index is 2.00. The maximum Gasteiger partial charge on any atom is 0.307 e. The number of hydrogen-bond donors (Lipinski definition) is 2. The van der Waals surface area contributed by atoms with E-state index in [4.69, 9.17) is 10.8 Å². The van der Waals surface area contributed by atoms with Crippen LogP contribution in [-0.2, 0) is 17.8 Å². The van der Waals surface area contributed by atoms with Crippen LogP contribution in [0.2, 0.25) is 0 Å². The highest BCUT2D eigenvalue weighted by molar-refractivity contribution is 5.70. The second kappa shape index (κ2) is 6.86. The van der Waals surface area contributed by atoms with E-state index in [9.17, 15) is 4.79 Å². The number of carboxylic acids is 1. The van der Waals surface area contributed by atoms with Crippen LogP contribution in [0.4, 0.5) is 0 Å². The lowest BCUT2D eigenvalue weighted by atomic mass is 9.90. The van der Waals surface area contributed by atoms with Gasteiger partial charge in [-0.15, -0.1) is 0 Å². The van der Waals surface area contributed by atoms with Crippen LogP contribution in [0.5, 0.6) is 0 Å². The molecule has 4 nitrogen and oxygen atoms in total. The van der Waals surface area contributed by atoms with E-state index in [1.54, 1.807) is 0 Å². The lowest BCUT2D eigenvalue weighted by molar-refractivity contribution is -0.136. The summed E-state index contributed by atoms with van der Waals surface area (Å²) >= 11 is 0. The second-order valence-corrected chi connectivity index (χ2v) is 5.82. The van der Waals surface area contributed by atoms with Gasteiger partial charge in [-0.1, -0.05) is 24.3 Å². The molecule has 1 saturated carbocycles. The molecule has 20 heavy (non-hydrogen) atoms. The van der Waals surface area contributed by atoms with Gasteiger partial charge in [0.25, 0.3) is 0 Å². The van der Waals surface area contributed by atoms with Crippen molar-refractivity contribution >= 4 is 5.97 Å². The minimum atomic E-state index is -0.774. The van der Waals surface area contributed by atoms with Crippen LogP contribution in [0.3, 0.4) is 0 Å². The first kappa shape index (κ1) is 15.0. The van der Waals surface area contributed by atoms with E-state index in [0.29, 0.717) is 12.1 Å². The Morgan fingerprint density at radius 3 is 2.45 bits per heavy atom. The highest BCUT2D eigenvalue weighted by Gasteiger charge is 2.22. The number of carboxylic acid groups (broad SMARTS) is 1. The average molecular weight is 276 g/mol. The van der Waals surface area contributed by atoms with Crippen LogP contribution in [0.1, 0.15) is 36.8 Å². The molecule has 0 aliphatic heterocycles. The third-order valence-electron chi connectivity index (χ3n) is 4.24. The Kier molecular flexibility index (Phi) is 5.15. The van der Waals surface area contributed by atoms with Crippen molar-refractivity contribution in [2.75, 3.05) is 7.05 Å². The molecule has 1 fully saturated rings. The van der Waals surface area contributed by atoms with Gasteiger partial charge in [0.05, 0.1) is 6.42 Å². The van der Waals surface area contributed by atoms with Gasteiger partial charge in [-0.3, -0.25) is 9.69 Å². The van der Waals surface area contributed by atoms with E-state index < -0.39 is 5.97 Å². The molecule has 0 atom stereocenters. The lowest BCUT2D eigenvalue weighted by Crippen LogP contribution is -2.38. The molecule has 4 heteroatoms. The van der Waals surface area contributed by atoms with Gasteiger partial charge in [0.15, 0.2) is 0 Å². The standard InChI is InChI=1S/C16H24N2O2/c1-18(15-8-6-14(17)7-9-15)11-13-5-3-2-4-12(13)10-16(19)20/h2-5,14-15H,6-11,17H2,1H3,(H,19,20). The summed E-state index contributed by atoms with van der Waals surface area (Å²) in [6, 6.07) is 8.75. The van der Waals surface area contributed by atoms with Crippen molar-refractivity contribution in [3.05, 3.63) is 35.4 Å². The molecule has 1 aliphatic carbocycles. The topological polar surface area (TPSA) is 66.6 Å². The molecular formula is C16H24N2O2. The van der Waals surface area contributed by atoms with Crippen molar-refractivity contribution < 1.29 is 9.90 Å². The zero-order valence-corrected chi connectivity index (χ0v) is 12.1. The minimum Gasteiger partial charge on any atom is -0.481 e. The van der Waals surface area contributed by atoms with Gasteiger partial charge < -0.3 is 10.8 Å². The first-order valence-corrected chi connectivity index (χ1v) is 7.30. The number of benzene rings is 1. The smallest absolute Gasteiger partial charge is 0.307 e. The van der Waals surface area contributed by atoms with Gasteiger partial charge in [-0.05, 0) is 43.9 Å². The van der Waals surface area contributed by atoms with Gasteiger partial charge in [0.1, 0.15) is 0 Å². The van der Waals surface area contributed by atoms with Gasteiger partial charge >= 0.3 is 5.97 Å². The van der Waals surface area contributed by atoms with Crippen molar-refractivity contribution in [3.8, 4) is 0 Å². The van der Waals surface area contributed by atoms with E-state index in [-0.39, 0.29) is 6.42 Å². The molecule has 0 amide bonds. The van der Waals surface area contributed by atoms with E-state index in [2.05, 4.69) is 11.9 Å². The van der Waals surface area contributed by atoms with Crippen molar-refractivity contribution in [2.45, 2.75) is 50.7 Å². The van der Waals surface area contributed by atoms with Crippen molar-refractivity contribution in [1.29, 1.82) is 0 Å². The fourth-order valence-corrected chi connectivity index (χ4v) is 2.99. The minimum absolute atomic E-state index is 0.0968. The molecule has 0 unspecified atom stereocenters. The lowest BCUT2D eigenvalue weighted by Gasteiger charge is -2.33. The molecule has 1 aliphatic rings. The Bertz CT molecular complexity index is 454. The van der Waals surface area contributed by atoms with Crippen LogP contribution in [0.15, 0.2) is 24.3 Å². The third-order valence-corrected chi connectivity index (χ3v) is 4.24. The summed E-state index contributed by atoms with van der Waals surface area (Å²) in [7, 11) is 2.12. The Morgan fingerprint density at radius 1 is 1.25 bits per heavy atom. The molecule has 110 valence electrons. The molecule has 0 heterocycles. The summed E-state index contributed by atoms with van der Waals surface area (Å²) in [5, 5.41) is 8.98. The summed E-state index contributed by atoms with van der Waals surface area (Å²) in [6.45, 7) is 0.809. The summed E-state index contributed by atoms with van der Waals surface area (Å²) in [6.07, 6.45) is 4.55. The number of nitrogens with two attached hydrogens (primary N) is 1. The number of aliphatic carboxylic acids is 1. The SMILES string of the molecule is CN(Cc1ccccc1CC(=O)O)C1CCC(N)CC1. The van der Waals surface area contributed by atoms with E-state index >= 15 is 0 Å². The molecule has 0 bridgehead atoms. The molecule has 0 radical (unpaired) electrons. The zero-order chi connectivity index (χ0) is 14.5. The first-order valence-electron chi connectivity index (χ1n) is 7.30. The molecule has 1 aromatic carbocycles. The third kappa shape index (κ3) is 4.05. The van der Waals surface area contributed by atoms with Crippen LogP contribution in [0.25, 0.3) is 0 Å². The maximum atomic E-state index is 10.9. The van der Waals surface area contributed by atoms with E-state index in [1.165, 1.54) is 0 Å². The highest BCUT2D eigenvalue weighted by atomic mass is 16.4. The fraction of sp³-hybridized carbons (Fsp3) is 0.562. The molecular weight excluding hydrogens is 252 g/mol. The summed E-state index contributed by atoms with van der Waals surface area (Å²) in [4.78, 5) is 13.3. The number of rotatable bonds is 5. The average Bonchev–Trinajstić information content (AvgIpc) is 2.41. The van der Waals surface area contributed by atoms with Crippen molar-refractivity contribution in [1.82, 2.24) is 4.90 Å². The quantitative estimate of drug-likeness (QED) is 0.863. The largest absolute Gasteiger partial charge is 0.481 e. The second-order valence-electron chi connectivity index (χ2n) is 5.82. The van der Waals surface area contributed by atoms with E-state index in [0.717, 1.165) is 43.4 Å². The Morgan fingerprint density at radius 2 is 1.85 bits per heavy atom. The van der Waals surface area contributed by atoms with Gasteiger partial charge in [-0.25, -0.2) is 0 Å². The molecule has 0 saturated heterocycles. The summed E-state index contributed by atoms with van der Waals surface area (Å²) in [5.41, 5.74) is 7.98. The number of nitrogens with zero attached hydrogens (tertiary/aromatic N) is 1. The Hall–Kier alpha value is -1.39. The van der Waals surface area contributed by atoms with Gasteiger partial charge in [0.2, 0.25) is 0 Å². The molecule has 3 N–H and O–H groups in total. The van der Waals surface area contributed by atoms with Crippen molar-refractivity contribution in [3.63, 3.8) is 0 Å². The summed E-state index contributed by atoms with van der Waals surface area (Å²) < 4.78 is 0. The molecule has 0 aromatic heterocycles. The highest BCUT2D eigenvalue weighted by Crippen LogP contribution is 2.23. The predicted molar refractivity (Wildman–Crippen MR) is 79.5 cm³/mol. The first-order chi connectivity index (χ1) is 9.56. The van der Waals surface area contributed by atoms with Crippen molar-refractivity contribution in [2.24, 2.45) is 5.73 Å². The number of carbonyl (C=O) groups is 1. The monoisotopic (exact) mass is 276 g/mol. The fourth-order valence-electron chi connectivity index (χ4n) is 2.99. The number of hydrogen-bond acceptors (Lipinski definition) is 3.